The van der Waals surface area contributed by atoms with E-state index in [-0.39, 0.29) is 35.5 Å². The van der Waals surface area contributed by atoms with Crippen LogP contribution < -0.4 is 0 Å². The van der Waals surface area contributed by atoms with Crippen molar-refractivity contribution in [3.05, 3.63) is 0 Å². The maximum Gasteiger partial charge on any atom is 0.307 e. The van der Waals surface area contributed by atoms with Crippen molar-refractivity contribution >= 4 is 5.97 Å². The summed E-state index contributed by atoms with van der Waals surface area (Å²) in [5, 5.41) is 43.3. The Hall–Kier alpha value is -0.650. The summed E-state index contributed by atoms with van der Waals surface area (Å²) in [4.78, 5) is 12.3. The van der Waals surface area contributed by atoms with Crippen LogP contribution in [0.25, 0.3) is 0 Å². The van der Waals surface area contributed by atoms with Crippen molar-refractivity contribution in [2.75, 3.05) is 0 Å². The summed E-state index contributed by atoms with van der Waals surface area (Å²) in [6.07, 6.45) is 4.89. The molecule has 0 radical (unpaired) electrons. The average Bonchev–Trinajstić information content (AvgIpc) is 3.02. The Kier molecular flexibility index (Phi) is 5.81. The normalized spacial score (nSPS) is 54.0. The van der Waals surface area contributed by atoms with Crippen molar-refractivity contribution in [3.8, 4) is 0 Å². The van der Waals surface area contributed by atoms with Crippen molar-refractivity contribution in [3.63, 3.8) is 0 Å². The molecule has 30 heavy (non-hydrogen) atoms. The lowest BCUT2D eigenvalue weighted by molar-refractivity contribution is -0.225. The summed E-state index contributed by atoms with van der Waals surface area (Å²) in [6, 6.07) is 0. The molecule has 0 aromatic carbocycles. The van der Waals surface area contributed by atoms with E-state index in [0.717, 1.165) is 25.7 Å². The third kappa shape index (κ3) is 3.02. The van der Waals surface area contributed by atoms with Gasteiger partial charge in [0, 0.05) is 0 Å². The van der Waals surface area contributed by atoms with Gasteiger partial charge < -0.3 is 20.4 Å². The molecule has 0 spiro atoms. The van der Waals surface area contributed by atoms with Crippen molar-refractivity contribution in [2.45, 2.75) is 97.4 Å². The van der Waals surface area contributed by atoms with Gasteiger partial charge in [0.1, 0.15) is 0 Å². The highest BCUT2D eigenvalue weighted by Crippen LogP contribution is 2.69. The molecule has 172 valence electrons. The lowest BCUT2D eigenvalue weighted by Gasteiger charge is -2.64. The average molecular weight is 423 g/mol. The third-order valence-electron chi connectivity index (χ3n) is 10.7. The molecule has 4 N–H and O–H groups in total. The first-order valence-corrected chi connectivity index (χ1v) is 12.3. The molecule has 2 unspecified atom stereocenters. The largest absolute Gasteiger partial charge is 0.481 e. The molecule has 4 rings (SSSR count). The number of fused-ring (bicyclic) bond motifs is 5. The van der Waals surface area contributed by atoms with Crippen LogP contribution in [0.15, 0.2) is 0 Å². The standard InChI is InChI=1S/C25H42O5/c1-5-6-13(2)16-7-8-17-22-18(12-21(28)25(16,17)4)24(3)14(10-20(22)27)9-15(26)11-19(24)23(29)30/h13-22,26-28H,5-12H2,1-4H3,(H,29,30)/t13-,14?,15+,16-,17+,18+,19?,20-,21+,22+,24+,25-/m1/s1. The van der Waals surface area contributed by atoms with Crippen molar-refractivity contribution in [1.82, 2.24) is 0 Å². The second kappa shape index (κ2) is 7.74. The highest BCUT2D eigenvalue weighted by molar-refractivity contribution is 5.71. The Balaban J connectivity index is 1.72. The maximum atomic E-state index is 12.3. The van der Waals surface area contributed by atoms with Gasteiger partial charge in [0.15, 0.2) is 0 Å². The fourth-order valence-electron chi connectivity index (χ4n) is 9.26. The summed E-state index contributed by atoms with van der Waals surface area (Å²) in [5.74, 6) is -0.157. The van der Waals surface area contributed by atoms with E-state index in [1.165, 1.54) is 0 Å². The van der Waals surface area contributed by atoms with Crippen LogP contribution in [-0.2, 0) is 4.79 Å². The minimum atomic E-state index is -0.833. The molecule has 0 saturated heterocycles. The third-order valence-corrected chi connectivity index (χ3v) is 10.7. The number of hydrogen-bond acceptors (Lipinski definition) is 4. The molecule has 0 aromatic rings. The van der Waals surface area contributed by atoms with Crippen LogP contribution in [-0.4, -0.2) is 44.7 Å². The zero-order chi connectivity index (χ0) is 22.0. The number of carbonyl (C=O) groups is 1. The van der Waals surface area contributed by atoms with E-state index in [4.69, 9.17) is 0 Å². The van der Waals surface area contributed by atoms with E-state index in [9.17, 15) is 25.2 Å². The zero-order valence-corrected chi connectivity index (χ0v) is 19.1. The Labute approximate surface area is 181 Å². The number of hydrogen-bond donors (Lipinski definition) is 4. The molecule has 4 aliphatic rings. The SMILES string of the molecule is CCC[C@@H](C)[C@H]1CC[C@H]2[C@@H]3[C@H](O)CC4C[C@H](O)CC(C(=O)O)[C@]4(C)[C@H]3C[C@H](O)[C@]12C. The van der Waals surface area contributed by atoms with Gasteiger partial charge in [0.25, 0.3) is 0 Å². The van der Waals surface area contributed by atoms with Crippen molar-refractivity contribution in [1.29, 1.82) is 0 Å². The van der Waals surface area contributed by atoms with E-state index < -0.39 is 35.6 Å². The Bertz CT molecular complexity index is 666. The van der Waals surface area contributed by atoms with Gasteiger partial charge in [0.05, 0.1) is 24.2 Å². The molecular formula is C25H42O5. The summed E-state index contributed by atoms with van der Waals surface area (Å²) in [5.41, 5.74) is -0.683. The summed E-state index contributed by atoms with van der Waals surface area (Å²) >= 11 is 0. The van der Waals surface area contributed by atoms with Crippen LogP contribution in [0.2, 0.25) is 0 Å². The van der Waals surface area contributed by atoms with Crippen LogP contribution in [0.4, 0.5) is 0 Å². The number of carboxylic acid groups (broad SMARTS) is 1. The number of aliphatic hydroxyl groups excluding tert-OH is 3. The highest BCUT2D eigenvalue weighted by Gasteiger charge is 2.68. The van der Waals surface area contributed by atoms with Crippen LogP contribution in [0, 0.1) is 52.3 Å². The van der Waals surface area contributed by atoms with E-state index in [1.54, 1.807) is 0 Å². The van der Waals surface area contributed by atoms with Crippen LogP contribution in [0.1, 0.15) is 79.1 Å². The molecule has 0 bridgehead atoms. The second-order valence-electron chi connectivity index (χ2n) is 11.7. The molecule has 4 aliphatic carbocycles. The van der Waals surface area contributed by atoms with Gasteiger partial charge in [-0.25, -0.2) is 0 Å². The van der Waals surface area contributed by atoms with Gasteiger partial charge >= 0.3 is 5.97 Å². The molecule has 12 atom stereocenters. The first kappa shape index (κ1) is 22.5. The monoisotopic (exact) mass is 422 g/mol. The molecule has 5 heteroatoms. The predicted octanol–water partition coefficient (Wildman–Crippen LogP) is 3.69. The smallest absolute Gasteiger partial charge is 0.307 e. The number of rotatable bonds is 4. The van der Waals surface area contributed by atoms with Crippen LogP contribution in [0.3, 0.4) is 0 Å². The number of aliphatic hydroxyl groups is 3. The first-order valence-electron chi connectivity index (χ1n) is 12.3. The Morgan fingerprint density at radius 2 is 1.70 bits per heavy atom. The van der Waals surface area contributed by atoms with Crippen LogP contribution in [0.5, 0.6) is 0 Å². The predicted molar refractivity (Wildman–Crippen MR) is 115 cm³/mol. The number of aliphatic carboxylic acids is 1. The fourth-order valence-corrected chi connectivity index (χ4v) is 9.26. The first-order chi connectivity index (χ1) is 14.1. The summed E-state index contributed by atoms with van der Waals surface area (Å²) < 4.78 is 0. The topological polar surface area (TPSA) is 98.0 Å². The molecule has 0 amide bonds. The second-order valence-corrected chi connectivity index (χ2v) is 11.7. The number of carboxylic acids is 1. The molecule has 5 nitrogen and oxygen atoms in total. The summed E-state index contributed by atoms with van der Waals surface area (Å²) in [6.45, 7) is 8.88. The molecule has 0 heterocycles. The Morgan fingerprint density at radius 1 is 1.00 bits per heavy atom. The van der Waals surface area contributed by atoms with Gasteiger partial charge in [-0.15, -0.1) is 0 Å². The molecular weight excluding hydrogens is 380 g/mol. The molecule has 0 aliphatic heterocycles. The fraction of sp³-hybridized carbons (Fsp3) is 0.960. The van der Waals surface area contributed by atoms with Gasteiger partial charge in [-0.05, 0) is 84.9 Å². The van der Waals surface area contributed by atoms with E-state index in [1.807, 2.05) is 0 Å². The zero-order valence-electron chi connectivity index (χ0n) is 19.1. The van der Waals surface area contributed by atoms with Crippen LogP contribution >= 0.6 is 0 Å². The van der Waals surface area contributed by atoms with E-state index >= 15 is 0 Å². The van der Waals surface area contributed by atoms with Gasteiger partial charge in [-0.1, -0.05) is 40.5 Å². The van der Waals surface area contributed by atoms with Gasteiger partial charge in [-0.2, -0.15) is 0 Å². The molecule has 4 fully saturated rings. The molecule has 4 saturated carbocycles. The Morgan fingerprint density at radius 3 is 2.33 bits per heavy atom. The molecule has 0 aromatic heterocycles. The minimum absolute atomic E-state index is 0.00634. The van der Waals surface area contributed by atoms with E-state index in [0.29, 0.717) is 31.1 Å². The van der Waals surface area contributed by atoms with E-state index in [2.05, 4.69) is 27.7 Å². The lowest BCUT2D eigenvalue weighted by Crippen LogP contribution is -2.65. The highest BCUT2D eigenvalue weighted by atomic mass is 16.4. The lowest BCUT2D eigenvalue weighted by atomic mass is 9.41. The minimum Gasteiger partial charge on any atom is -0.481 e. The van der Waals surface area contributed by atoms with Gasteiger partial charge in [-0.3, -0.25) is 4.79 Å². The van der Waals surface area contributed by atoms with Crippen molar-refractivity contribution in [2.24, 2.45) is 52.3 Å². The quantitative estimate of drug-likeness (QED) is 0.554. The van der Waals surface area contributed by atoms with Crippen molar-refractivity contribution < 1.29 is 25.2 Å². The van der Waals surface area contributed by atoms with Gasteiger partial charge in [0.2, 0.25) is 0 Å². The summed E-state index contributed by atoms with van der Waals surface area (Å²) in [7, 11) is 0. The maximum absolute atomic E-state index is 12.3.